The molecule has 122 heavy (non-hydrogen) atoms. The number of pyridine rings is 2. The summed E-state index contributed by atoms with van der Waals surface area (Å²) in [5, 5.41) is 14.3. The largest absolute Gasteiger partial charge is 0.309 e. The van der Waals surface area contributed by atoms with Crippen LogP contribution in [0.5, 0.6) is 0 Å². The van der Waals surface area contributed by atoms with Crippen LogP contribution in [0.3, 0.4) is 0 Å². The van der Waals surface area contributed by atoms with E-state index in [1.165, 1.54) is 43.6 Å². The Labute approximate surface area is 697 Å². The predicted octanol–water partition coefficient (Wildman–Crippen LogP) is 26.1. The molecule has 12 nitrogen and oxygen atoms in total. The van der Waals surface area contributed by atoms with Crippen LogP contribution in [0.15, 0.2) is 422 Å². The molecular weight excluding hydrogens is 1490 g/mol. The summed E-state index contributed by atoms with van der Waals surface area (Å²) in [6, 6.07) is 142. The second-order valence-corrected chi connectivity index (χ2v) is 31.1. The lowest BCUT2D eigenvalue weighted by Crippen LogP contribution is -2.21. The van der Waals surface area contributed by atoms with Crippen molar-refractivity contribution >= 4 is 142 Å². The Morgan fingerprint density at radius 1 is 0.172 bits per heavy atom. The number of fused-ring (bicyclic) bond motifs is 20. The zero-order chi connectivity index (χ0) is 80.6. The van der Waals surface area contributed by atoms with E-state index < -0.39 is 0 Å². The highest BCUT2D eigenvalue weighted by Crippen LogP contribution is 2.44. The van der Waals surface area contributed by atoms with Crippen molar-refractivity contribution in [2.24, 2.45) is 0 Å². The van der Waals surface area contributed by atoms with Gasteiger partial charge in [0.2, 0.25) is 11.9 Å². The normalized spacial score (nSPS) is 11.8. The predicted molar refractivity (Wildman–Crippen MR) is 502 cm³/mol. The van der Waals surface area contributed by atoms with E-state index in [1.807, 2.05) is 150 Å². The Morgan fingerprint density at radius 2 is 0.459 bits per heavy atom. The molecule has 0 atom stereocenters. The number of nitrogens with zero attached hydrogens (tertiary/aromatic N) is 10. The number of para-hydroxylation sites is 9. The molecule has 12 heteroatoms. The van der Waals surface area contributed by atoms with Crippen LogP contribution < -0.4 is 11.1 Å². The number of hydrogen-bond donors (Lipinski definition) is 0. The summed E-state index contributed by atoms with van der Waals surface area (Å²) in [7, 11) is 0. The molecule has 0 unspecified atom stereocenters. The molecule has 25 aromatic rings. The molecule has 0 saturated heterocycles. The zero-order valence-electron chi connectivity index (χ0n) is 65.5. The summed E-state index contributed by atoms with van der Waals surface area (Å²) in [4.78, 5) is 51.6. The summed E-state index contributed by atoms with van der Waals surface area (Å²) in [5.74, 6) is 0.943. The molecule has 0 aliphatic rings. The fourth-order valence-electron chi connectivity index (χ4n) is 18.9. The van der Waals surface area contributed by atoms with Gasteiger partial charge in [0.25, 0.3) is 11.1 Å². The smallest absolute Gasteiger partial charge is 0.282 e. The van der Waals surface area contributed by atoms with E-state index >= 15 is 4.79 Å². The maximum absolute atomic E-state index is 15.2. The Hall–Kier alpha value is -16.7. The summed E-state index contributed by atoms with van der Waals surface area (Å²) in [6.07, 6.45) is 0. The van der Waals surface area contributed by atoms with E-state index in [9.17, 15) is 4.79 Å². The molecule has 0 amide bonds. The highest BCUT2D eigenvalue weighted by atomic mass is 16.1. The molecule has 570 valence electrons. The molecule has 0 spiro atoms. The van der Waals surface area contributed by atoms with Crippen LogP contribution in [0.1, 0.15) is 0 Å². The Morgan fingerprint density at radius 3 is 0.869 bits per heavy atom. The molecular formula is C110H68N10O2. The van der Waals surface area contributed by atoms with Crippen LogP contribution >= 0.6 is 0 Å². The Balaban J connectivity index is 0.000000138. The summed E-state index contributed by atoms with van der Waals surface area (Å²) < 4.78 is 12.6. The monoisotopic (exact) mass is 1560 g/mol. The molecule has 0 radical (unpaired) electrons. The highest BCUT2D eigenvalue weighted by molar-refractivity contribution is 6.21. The van der Waals surface area contributed by atoms with Crippen molar-refractivity contribution in [1.82, 2.24) is 47.3 Å². The van der Waals surface area contributed by atoms with Crippen molar-refractivity contribution in [3.05, 3.63) is 433 Å². The molecule has 8 heterocycles. The van der Waals surface area contributed by atoms with Crippen molar-refractivity contribution in [2.45, 2.75) is 0 Å². The zero-order valence-corrected chi connectivity index (χ0v) is 65.5. The number of rotatable bonds is 10. The van der Waals surface area contributed by atoms with E-state index in [1.54, 1.807) is 4.57 Å². The first kappa shape index (κ1) is 69.6. The molecule has 0 aliphatic carbocycles. The molecule has 8 aromatic heterocycles. The highest BCUT2D eigenvalue weighted by Gasteiger charge is 2.28. The second-order valence-electron chi connectivity index (χ2n) is 31.1. The van der Waals surface area contributed by atoms with Crippen molar-refractivity contribution in [3.63, 3.8) is 0 Å². The van der Waals surface area contributed by atoms with Gasteiger partial charge in [-0.15, -0.1) is 0 Å². The maximum Gasteiger partial charge on any atom is 0.282 e. The van der Waals surface area contributed by atoms with Crippen molar-refractivity contribution < 1.29 is 0 Å². The maximum atomic E-state index is 15.2. The van der Waals surface area contributed by atoms with Gasteiger partial charge in [-0.2, -0.15) is 0 Å². The average molecular weight is 1560 g/mol. The number of benzene rings is 17. The third-order valence-corrected chi connectivity index (χ3v) is 24.3. The average Bonchev–Trinajstić information content (AvgIpc) is 1.01. The van der Waals surface area contributed by atoms with Crippen LogP contribution in [0.2, 0.25) is 0 Å². The second kappa shape index (κ2) is 28.0. The first-order valence-electron chi connectivity index (χ1n) is 41.0. The third kappa shape index (κ3) is 10.9. The van der Waals surface area contributed by atoms with Gasteiger partial charge in [-0.3, -0.25) is 27.9 Å². The fraction of sp³-hybridized carbons (Fsp3) is 0. The first-order valence-corrected chi connectivity index (χ1v) is 41.0. The number of hydrogen-bond acceptors (Lipinski definition) is 6. The van der Waals surface area contributed by atoms with Gasteiger partial charge in [-0.1, -0.05) is 279 Å². The van der Waals surface area contributed by atoms with Crippen LogP contribution in [0.25, 0.3) is 221 Å². The van der Waals surface area contributed by atoms with Crippen LogP contribution in [-0.2, 0) is 0 Å². The molecule has 0 bridgehead atoms. The molecule has 0 fully saturated rings. The van der Waals surface area contributed by atoms with Gasteiger partial charge in [0.1, 0.15) is 5.52 Å². The SMILES string of the molecule is O=c1c2c(-c3ccccc3)nc(-n3c4ccccc4c4cc(-c5ccc6c(c5)c5ccccc5n6-c5ccccc5)ccc43)nc2c2c3ccccc3ccc2n1-c1ccccc1.O=c1c2nc(-n3c4ccccc4c4cc(-c5ccc6c(c5)c5ccccc5n6-c5ccccc5)ccc43)nc(-c3ccccc3)c2c2ccccc2n1-c1ccccc1. The molecule has 17 aromatic carbocycles. The lowest BCUT2D eigenvalue weighted by atomic mass is 10.00. The third-order valence-electron chi connectivity index (χ3n) is 24.3. The van der Waals surface area contributed by atoms with Crippen LogP contribution in [0.4, 0.5) is 0 Å². The topological polar surface area (TPSA) is 115 Å². The Bertz CT molecular complexity index is 8740. The van der Waals surface area contributed by atoms with Gasteiger partial charge in [0.05, 0.1) is 77.5 Å². The number of aromatic nitrogens is 10. The van der Waals surface area contributed by atoms with E-state index in [4.69, 9.17) is 19.9 Å². The summed E-state index contributed by atoms with van der Waals surface area (Å²) in [5.41, 5.74) is 22.2. The van der Waals surface area contributed by atoms with Crippen molar-refractivity contribution in [2.75, 3.05) is 0 Å². The van der Waals surface area contributed by atoms with Crippen LogP contribution in [-0.4, -0.2) is 47.3 Å². The molecule has 25 rings (SSSR count). The molecule has 0 N–H and O–H groups in total. The van der Waals surface area contributed by atoms with Gasteiger partial charge < -0.3 is 9.13 Å². The molecule has 0 saturated carbocycles. The minimum Gasteiger partial charge on any atom is -0.309 e. The fourth-order valence-corrected chi connectivity index (χ4v) is 18.9. The lowest BCUT2D eigenvalue weighted by molar-refractivity contribution is 0.994. The van der Waals surface area contributed by atoms with E-state index in [0.717, 1.165) is 138 Å². The summed E-state index contributed by atoms with van der Waals surface area (Å²) >= 11 is 0. The van der Waals surface area contributed by atoms with Gasteiger partial charge in [-0.25, -0.2) is 19.9 Å². The lowest BCUT2D eigenvalue weighted by Gasteiger charge is -2.18. The quantitative estimate of drug-likeness (QED) is 0.126. The van der Waals surface area contributed by atoms with E-state index in [2.05, 4.69) is 285 Å². The van der Waals surface area contributed by atoms with Crippen LogP contribution in [0, 0.1) is 0 Å². The Kier molecular flexibility index (Phi) is 16.0. The minimum atomic E-state index is -0.196. The standard InChI is InChI=1S/C57H35N5O.C53H33N5O/c63-56-53-54(37-17-4-1-5-18-37)58-57(59-55(53)52-42-23-11-10-16-36(42)28-33-51(52)61(56)41-21-8-3-9-22-41)62-48-27-15-13-25-44(48)46-35-39(30-32-50(46)62)38-29-31-49-45(34-38)43-24-12-14-26-47(43)60(49)40-19-6-2-7-20-40;59-52-51-49(41-24-12-15-27-46(41)57(52)38-20-8-3-9-21-38)50(34-16-4-1-5-17-34)54-53(55-51)58-45-26-14-11-23-40(45)43-33-36(29-31-48(43)58)35-28-30-47-42(32-35)39-22-10-13-25-44(39)56(47)37-18-6-2-7-19-37/h1-35H;1-33H. The van der Waals surface area contributed by atoms with Gasteiger partial charge >= 0.3 is 0 Å². The minimum absolute atomic E-state index is 0.167. The van der Waals surface area contributed by atoms with E-state index in [-0.39, 0.29) is 11.1 Å². The molecule has 0 aliphatic heterocycles. The van der Waals surface area contributed by atoms with Crippen molar-refractivity contribution in [1.29, 1.82) is 0 Å². The summed E-state index contributed by atoms with van der Waals surface area (Å²) in [6.45, 7) is 0. The van der Waals surface area contributed by atoms with Gasteiger partial charge in [0, 0.05) is 93.1 Å². The van der Waals surface area contributed by atoms with Gasteiger partial charge in [-0.05, 0) is 166 Å². The van der Waals surface area contributed by atoms with Crippen molar-refractivity contribution in [3.8, 4) is 79.4 Å². The van der Waals surface area contributed by atoms with E-state index in [0.29, 0.717) is 39.7 Å². The first-order chi connectivity index (χ1) is 60.4. The van der Waals surface area contributed by atoms with Gasteiger partial charge in [0.15, 0.2) is 0 Å².